The van der Waals surface area contributed by atoms with Crippen molar-refractivity contribution >= 4 is 38.8 Å². The predicted octanol–water partition coefficient (Wildman–Crippen LogP) is 2.96. The van der Waals surface area contributed by atoms with Gasteiger partial charge in [-0.15, -0.1) is 11.3 Å². The molecule has 12 heavy (non-hydrogen) atoms. The normalized spacial score (nSPS) is 8.33. The van der Waals surface area contributed by atoms with Crippen LogP contribution in [0.3, 0.4) is 0 Å². The molecule has 0 bridgehead atoms. The Balaban J connectivity index is 0.000000213. The van der Waals surface area contributed by atoms with E-state index in [1.54, 1.807) is 16.5 Å². The fourth-order valence-electron chi connectivity index (χ4n) is 0.808. The number of nitrogens with one attached hydrogen (secondary N) is 1. The van der Waals surface area contributed by atoms with E-state index in [2.05, 4.69) is 28.6 Å². The van der Waals surface area contributed by atoms with E-state index in [4.69, 9.17) is 5.41 Å². The average molecular weight is 194 g/mol. The molecule has 0 aromatic carbocycles. The Morgan fingerprint density at radius 1 is 1.50 bits per heavy atom. The zero-order valence-electron chi connectivity index (χ0n) is 6.15. The monoisotopic (exact) mass is 194 g/mol. The van der Waals surface area contributed by atoms with Crippen LogP contribution in [0, 0.1) is 5.41 Å². The molecule has 0 aliphatic heterocycles. The number of thiocarbonyl (C=S) groups is 1. The number of rotatable bonds is 0. The van der Waals surface area contributed by atoms with Gasteiger partial charge in [0.2, 0.25) is 0 Å². The second-order valence-corrected chi connectivity index (χ2v) is 3.09. The van der Waals surface area contributed by atoms with Crippen LogP contribution >= 0.6 is 23.6 Å². The molecule has 60 valence electrons. The molecule has 0 atom stereocenters. The highest BCUT2D eigenvalue weighted by Gasteiger charge is 1.88. The van der Waals surface area contributed by atoms with Crippen LogP contribution in [0.4, 0.5) is 0 Å². The maximum absolute atomic E-state index is 5.77. The summed E-state index contributed by atoms with van der Waals surface area (Å²) in [7, 11) is 0. The van der Waals surface area contributed by atoms with Gasteiger partial charge in [-0.3, -0.25) is 4.98 Å². The van der Waals surface area contributed by atoms with Gasteiger partial charge in [-0.25, -0.2) is 5.41 Å². The van der Waals surface area contributed by atoms with Crippen LogP contribution < -0.4 is 0 Å². The lowest BCUT2D eigenvalue weighted by Crippen LogP contribution is -1.64. The number of fused-ring (bicyclic) bond motifs is 1. The van der Waals surface area contributed by atoms with Gasteiger partial charge in [0.05, 0.1) is 9.86 Å². The van der Waals surface area contributed by atoms with Crippen LogP contribution in [0.1, 0.15) is 0 Å². The fraction of sp³-hybridized carbons (Fsp3) is 0. The molecular weight excluding hydrogens is 188 g/mol. The molecular formula is C8H6N2S2. The van der Waals surface area contributed by atoms with Crippen molar-refractivity contribution in [3.05, 3.63) is 29.9 Å². The summed E-state index contributed by atoms with van der Waals surface area (Å²) in [4.78, 5) is 4.00. The molecule has 2 rings (SSSR count). The summed E-state index contributed by atoms with van der Waals surface area (Å²) < 4.78 is 1.26. The number of aromatic nitrogens is 1. The molecule has 0 radical (unpaired) electrons. The van der Waals surface area contributed by atoms with E-state index in [0.29, 0.717) is 0 Å². The maximum atomic E-state index is 5.77. The van der Waals surface area contributed by atoms with Gasteiger partial charge in [-0.1, -0.05) is 0 Å². The summed E-state index contributed by atoms with van der Waals surface area (Å²) >= 11 is 5.54. The molecule has 2 aromatic heterocycles. The number of isothiocyanates is 1. The van der Waals surface area contributed by atoms with Crippen molar-refractivity contribution in [3.8, 4) is 0 Å². The van der Waals surface area contributed by atoms with Crippen LogP contribution in [0.2, 0.25) is 0 Å². The average Bonchev–Trinajstić information content (AvgIpc) is 2.52. The molecule has 0 spiro atoms. The highest BCUT2D eigenvalue weighted by atomic mass is 32.1. The Kier molecular flexibility index (Phi) is 3.54. The smallest absolute Gasteiger partial charge is 0.0554 e. The number of hydrogen-bond donors (Lipinski definition) is 1. The summed E-state index contributed by atoms with van der Waals surface area (Å²) in [5.41, 5.74) is 0. The van der Waals surface area contributed by atoms with Crippen molar-refractivity contribution in [1.29, 1.82) is 5.41 Å². The maximum Gasteiger partial charge on any atom is 0.0554 e. The largest absolute Gasteiger partial charge is 0.263 e. The molecule has 2 nitrogen and oxygen atoms in total. The molecule has 1 N–H and O–H groups in total. The third kappa shape index (κ3) is 2.20. The summed E-state index contributed by atoms with van der Waals surface area (Å²) in [6.07, 6.45) is 3.70. The zero-order valence-corrected chi connectivity index (χ0v) is 7.78. The van der Waals surface area contributed by atoms with Crippen molar-refractivity contribution in [2.75, 3.05) is 0 Å². The van der Waals surface area contributed by atoms with Gasteiger partial charge in [0.15, 0.2) is 0 Å². The quantitative estimate of drug-likeness (QED) is 0.517. The van der Waals surface area contributed by atoms with E-state index in [0.717, 1.165) is 0 Å². The molecule has 0 saturated heterocycles. The lowest BCUT2D eigenvalue weighted by Gasteiger charge is -1.81. The molecule has 0 unspecified atom stereocenters. The number of pyridine rings is 1. The summed E-state index contributed by atoms with van der Waals surface area (Å²) in [6.45, 7) is 0. The molecule has 0 amide bonds. The second kappa shape index (κ2) is 4.72. The molecule has 0 aliphatic rings. The van der Waals surface area contributed by atoms with Crippen molar-refractivity contribution in [2.24, 2.45) is 0 Å². The molecule has 2 aromatic rings. The molecule has 0 saturated carbocycles. The Bertz CT molecular complexity index is 358. The molecule has 0 fully saturated rings. The number of thiophene rings is 1. The first-order valence-corrected chi connectivity index (χ1v) is 4.48. The first kappa shape index (κ1) is 9.00. The van der Waals surface area contributed by atoms with Crippen LogP contribution in [0.5, 0.6) is 0 Å². The van der Waals surface area contributed by atoms with Gasteiger partial charge in [0.1, 0.15) is 0 Å². The highest BCUT2D eigenvalue weighted by Crippen LogP contribution is 2.17. The van der Waals surface area contributed by atoms with Gasteiger partial charge < -0.3 is 0 Å². The minimum atomic E-state index is 1.26. The first-order chi connectivity index (χ1) is 5.88. The Morgan fingerprint density at radius 3 is 2.92 bits per heavy atom. The Hall–Kier alpha value is -1.09. The fourth-order valence-corrected chi connectivity index (χ4v) is 1.56. The topological polar surface area (TPSA) is 36.7 Å². The lowest BCUT2D eigenvalue weighted by atomic mass is 10.3. The van der Waals surface area contributed by atoms with Crippen LogP contribution in [-0.4, -0.2) is 10.1 Å². The van der Waals surface area contributed by atoms with E-state index in [1.165, 1.54) is 10.1 Å². The van der Waals surface area contributed by atoms with Crippen molar-refractivity contribution in [2.45, 2.75) is 0 Å². The summed E-state index contributed by atoms with van der Waals surface area (Å²) in [6, 6.07) is 4.12. The van der Waals surface area contributed by atoms with Crippen molar-refractivity contribution in [3.63, 3.8) is 0 Å². The zero-order chi connectivity index (χ0) is 8.81. The van der Waals surface area contributed by atoms with Gasteiger partial charge in [0, 0.05) is 12.4 Å². The van der Waals surface area contributed by atoms with E-state index < -0.39 is 0 Å². The second-order valence-electron chi connectivity index (χ2n) is 1.94. The summed E-state index contributed by atoms with van der Waals surface area (Å²) in [5.74, 6) is 0. The Morgan fingerprint density at radius 2 is 2.25 bits per heavy atom. The SMILES string of the molecule is N=C=S.c1cc2ccsc2cn1. The third-order valence-corrected chi connectivity index (χ3v) is 2.13. The van der Waals surface area contributed by atoms with Gasteiger partial charge in [-0.05, 0) is 35.1 Å². The van der Waals surface area contributed by atoms with Crippen molar-refractivity contribution < 1.29 is 0 Å². The van der Waals surface area contributed by atoms with E-state index >= 15 is 0 Å². The van der Waals surface area contributed by atoms with Crippen LogP contribution in [0.25, 0.3) is 10.1 Å². The number of hydrogen-bond acceptors (Lipinski definition) is 4. The summed E-state index contributed by atoms with van der Waals surface area (Å²) in [5, 5.41) is 10.7. The van der Waals surface area contributed by atoms with Gasteiger partial charge >= 0.3 is 0 Å². The van der Waals surface area contributed by atoms with Gasteiger partial charge in [-0.2, -0.15) is 0 Å². The first-order valence-electron chi connectivity index (χ1n) is 3.19. The van der Waals surface area contributed by atoms with E-state index in [1.807, 2.05) is 18.5 Å². The number of nitrogens with zero attached hydrogens (tertiary/aromatic N) is 1. The lowest BCUT2D eigenvalue weighted by molar-refractivity contribution is 1.37. The molecule has 2 heterocycles. The third-order valence-electron chi connectivity index (χ3n) is 1.26. The predicted molar refractivity (Wildman–Crippen MR) is 54.9 cm³/mol. The minimum Gasteiger partial charge on any atom is -0.263 e. The van der Waals surface area contributed by atoms with E-state index in [-0.39, 0.29) is 0 Å². The minimum absolute atomic E-state index is 1.26. The van der Waals surface area contributed by atoms with Crippen LogP contribution in [-0.2, 0) is 0 Å². The standard InChI is InChI=1S/C7H5NS.CHNS/c1-3-8-5-7-6(1)2-4-9-7;2-1-3/h1-5H;2H. The van der Waals surface area contributed by atoms with Crippen molar-refractivity contribution in [1.82, 2.24) is 4.98 Å². The Labute approximate surface area is 79.4 Å². The highest BCUT2D eigenvalue weighted by molar-refractivity contribution is 7.78. The van der Waals surface area contributed by atoms with E-state index in [9.17, 15) is 0 Å². The van der Waals surface area contributed by atoms with Crippen LogP contribution in [0.15, 0.2) is 29.9 Å². The van der Waals surface area contributed by atoms with Gasteiger partial charge in [0.25, 0.3) is 0 Å². The molecule has 0 aliphatic carbocycles. The molecule has 4 heteroatoms.